The molecule has 0 radical (unpaired) electrons. The van der Waals surface area contributed by atoms with E-state index in [9.17, 15) is 4.79 Å². The highest BCUT2D eigenvalue weighted by atomic mass is 32.2. The SMILES string of the molecule is Cc1cccc(Nc2nnc(SCC(=O)c3cc(C)n(Cc4ccc5c(c4)OCO5)c3C)s2)c1. The van der Waals surface area contributed by atoms with Gasteiger partial charge in [-0.15, -0.1) is 10.2 Å². The van der Waals surface area contributed by atoms with Crippen LogP contribution in [-0.2, 0) is 6.54 Å². The smallest absolute Gasteiger partial charge is 0.231 e. The molecule has 5 rings (SSSR count). The Bertz CT molecular complexity index is 1360. The number of thioether (sulfide) groups is 1. The fourth-order valence-electron chi connectivity index (χ4n) is 3.92. The molecule has 174 valence electrons. The zero-order valence-corrected chi connectivity index (χ0v) is 20.8. The minimum atomic E-state index is 0.0819. The average Bonchev–Trinajstić information content (AvgIpc) is 3.53. The van der Waals surface area contributed by atoms with Crippen LogP contribution in [0.3, 0.4) is 0 Å². The lowest BCUT2D eigenvalue weighted by atomic mass is 10.1. The van der Waals surface area contributed by atoms with E-state index < -0.39 is 0 Å². The summed E-state index contributed by atoms with van der Waals surface area (Å²) in [6.45, 7) is 6.99. The Morgan fingerprint density at radius 2 is 1.94 bits per heavy atom. The van der Waals surface area contributed by atoms with Crippen LogP contribution in [0.5, 0.6) is 11.5 Å². The minimum absolute atomic E-state index is 0.0819. The number of hydrogen-bond acceptors (Lipinski definition) is 8. The number of aromatic nitrogens is 3. The summed E-state index contributed by atoms with van der Waals surface area (Å²) < 4.78 is 13.8. The minimum Gasteiger partial charge on any atom is -0.454 e. The van der Waals surface area contributed by atoms with Crippen molar-refractivity contribution in [3.63, 3.8) is 0 Å². The van der Waals surface area contributed by atoms with Gasteiger partial charge in [0.1, 0.15) is 0 Å². The van der Waals surface area contributed by atoms with Gasteiger partial charge in [0, 0.05) is 29.2 Å². The molecule has 0 bridgehead atoms. The van der Waals surface area contributed by atoms with Gasteiger partial charge in [0.2, 0.25) is 11.9 Å². The molecule has 7 nitrogen and oxygen atoms in total. The number of hydrogen-bond donors (Lipinski definition) is 1. The van der Waals surface area contributed by atoms with Gasteiger partial charge in [-0.05, 0) is 62.2 Å². The van der Waals surface area contributed by atoms with Crippen LogP contribution < -0.4 is 14.8 Å². The van der Waals surface area contributed by atoms with E-state index in [1.54, 1.807) is 0 Å². The van der Waals surface area contributed by atoms with E-state index >= 15 is 0 Å². The van der Waals surface area contributed by atoms with E-state index in [1.807, 2.05) is 63.2 Å². The number of carbonyl (C=O) groups is 1. The van der Waals surface area contributed by atoms with Crippen LogP contribution >= 0.6 is 23.1 Å². The lowest BCUT2D eigenvalue weighted by Crippen LogP contribution is -2.07. The molecule has 0 amide bonds. The topological polar surface area (TPSA) is 78.3 Å². The summed E-state index contributed by atoms with van der Waals surface area (Å²) in [6, 6.07) is 16.0. The van der Waals surface area contributed by atoms with Gasteiger partial charge in [-0.25, -0.2) is 0 Å². The summed E-state index contributed by atoms with van der Waals surface area (Å²) in [5.74, 6) is 1.93. The van der Waals surface area contributed by atoms with Crippen molar-refractivity contribution in [1.29, 1.82) is 0 Å². The van der Waals surface area contributed by atoms with Crippen molar-refractivity contribution in [2.24, 2.45) is 0 Å². The summed E-state index contributed by atoms with van der Waals surface area (Å²) >= 11 is 2.86. The van der Waals surface area contributed by atoms with E-state index in [-0.39, 0.29) is 12.6 Å². The summed E-state index contributed by atoms with van der Waals surface area (Å²) in [7, 11) is 0. The van der Waals surface area contributed by atoms with E-state index in [4.69, 9.17) is 9.47 Å². The predicted molar refractivity (Wildman–Crippen MR) is 135 cm³/mol. The molecule has 0 spiro atoms. The number of rotatable bonds is 8. The Balaban J connectivity index is 1.23. The first-order valence-electron chi connectivity index (χ1n) is 10.8. The number of aryl methyl sites for hydroxylation is 2. The Labute approximate surface area is 206 Å². The molecule has 3 heterocycles. The Hall–Kier alpha value is -3.30. The maximum absolute atomic E-state index is 13.0. The monoisotopic (exact) mass is 492 g/mol. The van der Waals surface area contributed by atoms with Gasteiger partial charge in [0.15, 0.2) is 21.6 Å². The highest BCUT2D eigenvalue weighted by molar-refractivity contribution is 8.01. The van der Waals surface area contributed by atoms with Gasteiger partial charge in [-0.2, -0.15) is 0 Å². The number of benzene rings is 2. The fourth-order valence-corrected chi connectivity index (χ4v) is 5.57. The zero-order chi connectivity index (χ0) is 23.7. The zero-order valence-electron chi connectivity index (χ0n) is 19.1. The van der Waals surface area contributed by atoms with Crippen LogP contribution in [-0.4, -0.2) is 33.1 Å². The van der Waals surface area contributed by atoms with Crippen molar-refractivity contribution in [3.8, 4) is 11.5 Å². The standard InChI is InChI=1S/C25H24N4O3S2/c1-15-5-4-6-19(9-15)26-24-27-28-25(34-24)33-13-21(30)20-10-16(2)29(17(20)3)12-18-7-8-22-23(11-18)32-14-31-22/h4-11H,12-14H2,1-3H3,(H,26,27). The van der Waals surface area contributed by atoms with Crippen LogP contribution in [0.1, 0.15) is 32.9 Å². The van der Waals surface area contributed by atoms with Crippen LogP contribution in [0.4, 0.5) is 10.8 Å². The van der Waals surface area contributed by atoms with Crippen molar-refractivity contribution < 1.29 is 14.3 Å². The number of Topliss-reactive ketones (excluding diaryl/α,β-unsaturated/α-hetero) is 1. The second kappa shape index (κ2) is 9.52. The number of ether oxygens (including phenoxy) is 2. The molecule has 4 aromatic rings. The second-order valence-electron chi connectivity index (χ2n) is 8.14. The summed E-state index contributed by atoms with van der Waals surface area (Å²) in [6.07, 6.45) is 0. The number of anilines is 2. The van der Waals surface area contributed by atoms with E-state index in [1.165, 1.54) is 28.7 Å². The number of nitrogens with one attached hydrogen (secondary N) is 1. The quantitative estimate of drug-likeness (QED) is 0.247. The molecule has 0 fully saturated rings. The average molecular weight is 493 g/mol. The molecule has 0 aliphatic carbocycles. The third-order valence-electron chi connectivity index (χ3n) is 5.65. The second-order valence-corrected chi connectivity index (χ2v) is 10.3. The molecule has 1 aliphatic rings. The normalized spacial score (nSPS) is 12.2. The molecule has 1 N–H and O–H groups in total. The summed E-state index contributed by atoms with van der Waals surface area (Å²) in [5.41, 5.74) is 5.99. The molecule has 34 heavy (non-hydrogen) atoms. The first-order chi connectivity index (χ1) is 16.5. The molecular weight excluding hydrogens is 468 g/mol. The number of ketones is 1. The largest absolute Gasteiger partial charge is 0.454 e. The number of fused-ring (bicyclic) bond motifs is 1. The Kier molecular flexibility index (Phi) is 6.30. The number of carbonyl (C=O) groups excluding carboxylic acids is 1. The Morgan fingerprint density at radius 1 is 1.09 bits per heavy atom. The predicted octanol–water partition coefficient (Wildman–Crippen LogP) is 5.76. The van der Waals surface area contributed by atoms with Crippen molar-refractivity contribution >= 4 is 39.7 Å². The van der Waals surface area contributed by atoms with Crippen molar-refractivity contribution in [2.75, 3.05) is 17.9 Å². The fraction of sp³-hybridized carbons (Fsp3) is 0.240. The third-order valence-corrected chi connectivity index (χ3v) is 7.63. The summed E-state index contributed by atoms with van der Waals surface area (Å²) in [5, 5.41) is 12.4. The van der Waals surface area contributed by atoms with Gasteiger partial charge in [0.25, 0.3) is 0 Å². The third kappa shape index (κ3) is 4.80. The van der Waals surface area contributed by atoms with E-state index in [0.717, 1.165) is 44.0 Å². The van der Waals surface area contributed by atoms with Crippen LogP contribution in [0.15, 0.2) is 52.9 Å². The lowest BCUT2D eigenvalue weighted by molar-refractivity contribution is 0.102. The molecular formula is C25H24N4O3S2. The maximum Gasteiger partial charge on any atom is 0.231 e. The molecule has 2 aromatic heterocycles. The van der Waals surface area contributed by atoms with Crippen molar-refractivity contribution in [3.05, 3.63) is 76.6 Å². The van der Waals surface area contributed by atoms with Gasteiger partial charge in [0.05, 0.1) is 5.75 Å². The molecule has 0 atom stereocenters. The van der Waals surface area contributed by atoms with Crippen molar-refractivity contribution in [2.45, 2.75) is 31.7 Å². The first kappa shape index (κ1) is 22.5. The first-order valence-corrected chi connectivity index (χ1v) is 12.6. The summed E-state index contributed by atoms with van der Waals surface area (Å²) in [4.78, 5) is 13.0. The van der Waals surface area contributed by atoms with Gasteiger partial charge in [-0.1, -0.05) is 41.3 Å². The highest BCUT2D eigenvalue weighted by Crippen LogP contribution is 2.33. The molecule has 2 aromatic carbocycles. The molecule has 1 aliphatic heterocycles. The molecule has 0 saturated heterocycles. The van der Waals surface area contributed by atoms with Crippen molar-refractivity contribution in [1.82, 2.24) is 14.8 Å². The highest BCUT2D eigenvalue weighted by Gasteiger charge is 2.19. The lowest BCUT2D eigenvalue weighted by Gasteiger charge is -2.10. The van der Waals surface area contributed by atoms with Gasteiger partial charge < -0.3 is 19.4 Å². The molecule has 0 saturated carbocycles. The van der Waals surface area contributed by atoms with Gasteiger partial charge in [-0.3, -0.25) is 4.79 Å². The van der Waals surface area contributed by atoms with Gasteiger partial charge >= 0.3 is 0 Å². The van der Waals surface area contributed by atoms with E-state index in [2.05, 4.69) is 26.1 Å². The number of nitrogens with zero attached hydrogens (tertiary/aromatic N) is 3. The molecule has 9 heteroatoms. The maximum atomic E-state index is 13.0. The van der Waals surface area contributed by atoms with Crippen LogP contribution in [0, 0.1) is 20.8 Å². The van der Waals surface area contributed by atoms with Crippen LogP contribution in [0.25, 0.3) is 0 Å². The van der Waals surface area contributed by atoms with Crippen LogP contribution in [0.2, 0.25) is 0 Å². The Morgan fingerprint density at radius 3 is 2.79 bits per heavy atom. The van der Waals surface area contributed by atoms with E-state index in [0.29, 0.717) is 17.4 Å². The molecule has 0 unspecified atom stereocenters.